The highest BCUT2D eigenvalue weighted by Gasteiger charge is 1.88. The zero-order valence-electron chi connectivity index (χ0n) is 8.54. The van der Waals surface area contributed by atoms with Crippen molar-refractivity contribution in [2.45, 2.75) is 33.6 Å². The zero-order valence-corrected chi connectivity index (χ0v) is 9.43. The van der Waals surface area contributed by atoms with E-state index in [9.17, 15) is 4.57 Å². The first-order chi connectivity index (χ1) is 6.16. The minimum absolute atomic E-state index is 0.243. The maximum absolute atomic E-state index is 9.93. The average Bonchev–Trinajstić information content (AvgIpc) is 2.04. The van der Waals surface area contributed by atoms with Gasteiger partial charge in [0.25, 0.3) is 0 Å². The predicted octanol–water partition coefficient (Wildman–Crippen LogP) is 3.90. The Morgan fingerprint density at radius 2 is 2.00 bits per heavy atom. The molecule has 0 heterocycles. The average molecular weight is 200 g/mol. The lowest BCUT2D eigenvalue weighted by Gasteiger charge is -1.97. The normalized spacial score (nSPS) is 11.8. The van der Waals surface area contributed by atoms with E-state index in [1.165, 1.54) is 11.1 Å². The molecule has 0 saturated heterocycles. The van der Waals surface area contributed by atoms with E-state index in [1.807, 2.05) is 6.08 Å². The number of rotatable bonds is 6. The van der Waals surface area contributed by atoms with E-state index in [1.54, 1.807) is 0 Å². The van der Waals surface area contributed by atoms with Gasteiger partial charge >= 0.3 is 8.69 Å². The van der Waals surface area contributed by atoms with E-state index in [-0.39, 0.29) is 8.69 Å². The lowest BCUT2D eigenvalue weighted by molar-refractivity contribution is 0.386. The molecule has 3 heteroatoms. The van der Waals surface area contributed by atoms with E-state index in [4.69, 9.17) is 0 Å². The van der Waals surface area contributed by atoms with Crippen molar-refractivity contribution in [3.8, 4) is 0 Å². The van der Waals surface area contributed by atoms with Crippen LogP contribution in [-0.2, 0) is 9.09 Å². The maximum Gasteiger partial charge on any atom is 0.327 e. The van der Waals surface area contributed by atoms with Crippen LogP contribution < -0.4 is 0 Å². The van der Waals surface area contributed by atoms with Crippen LogP contribution in [0.3, 0.4) is 0 Å². The highest BCUT2D eigenvalue weighted by atomic mass is 31.1. The van der Waals surface area contributed by atoms with E-state index in [0.717, 1.165) is 12.8 Å². The van der Waals surface area contributed by atoms with Gasteiger partial charge < -0.3 is 0 Å². The van der Waals surface area contributed by atoms with Gasteiger partial charge in [0, 0.05) is 0 Å². The number of hydrogen-bond acceptors (Lipinski definition) is 2. The molecule has 0 aliphatic heterocycles. The Bertz CT molecular complexity index is 203. The summed E-state index contributed by atoms with van der Waals surface area (Å²) in [7, 11) is -0.243. The van der Waals surface area contributed by atoms with Gasteiger partial charge in [0.15, 0.2) is 0 Å². The second-order valence-corrected chi connectivity index (χ2v) is 3.65. The molecule has 0 amide bonds. The second kappa shape index (κ2) is 8.15. The molecule has 0 spiro atoms. The van der Waals surface area contributed by atoms with Crippen LogP contribution in [0.15, 0.2) is 23.3 Å². The number of hydrogen-bond donors (Lipinski definition) is 0. The first-order valence-corrected chi connectivity index (χ1v) is 5.13. The molecule has 0 radical (unpaired) electrons. The minimum Gasteiger partial charge on any atom is -0.290 e. The molecule has 0 bridgehead atoms. The van der Waals surface area contributed by atoms with Gasteiger partial charge in [-0.3, -0.25) is 4.52 Å². The predicted molar refractivity (Wildman–Crippen MR) is 56.0 cm³/mol. The summed E-state index contributed by atoms with van der Waals surface area (Å²) in [5.41, 5.74) is 2.63. The summed E-state index contributed by atoms with van der Waals surface area (Å²) in [5.74, 6) is 0. The molecule has 0 aromatic carbocycles. The first kappa shape index (κ1) is 12.5. The van der Waals surface area contributed by atoms with E-state index in [2.05, 4.69) is 31.4 Å². The lowest BCUT2D eigenvalue weighted by atomic mass is 10.1. The Morgan fingerprint density at radius 1 is 1.31 bits per heavy atom. The van der Waals surface area contributed by atoms with Crippen molar-refractivity contribution < 1.29 is 9.09 Å². The maximum atomic E-state index is 9.93. The third-order valence-corrected chi connectivity index (χ3v) is 1.90. The van der Waals surface area contributed by atoms with Gasteiger partial charge in [-0.25, -0.2) is 4.57 Å². The molecule has 0 saturated carbocycles. The third-order valence-electron chi connectivity index (χ3n) is 1.65. The Hall–Kier alpha value is -0.460. The summed E-state index contributed by atoms with van der Waals surface area (Å²) >= 11 is 0. The summed E-state index contributed by atoms with van der Waals surface area (Å²) in [4.78, 5) is 0. The van der Waals surface area contributed by atoms with Crippen LogP contribution in [-0.4, -0.2) is 6.61 Å². The van der Waals surface area contributed by atoms with Gasteiger partial charge in [0.1, 0.15) is 0 Å². The second-order valence-electron chi connectivity index (χ2n) is 3.24. The molecule has 0 fully saturated rings. The molecule has 13 heavy (non-hydrogen) atoms. The summed E-state index contributed by atoms with van der Waals surface area (Å²) < 4.78 is 14.6. The van der Waals surface area contributed by atoms with Crippen molar-refractivity contribution in [2.75, 3.05) is 6.61 Å². The highest BCUT2D eigenvalue weighted by Crippen LogP contribution is 2.07. The van der Waals surface area contributed by atoms with Gasteiger partial charge in [0.2, 0.25) is 0 Å². The molecule has 0 aliphatic rings. The van der Waals surface area contributed by atoms with Crippen molar-refractivity contribution in [1.29, 1.82) is 0 Å². The Labute approximate surface area is 82.0 Å². The van der Waals surface area contributed by atoms with Crippen LogP contribution in [0.1, 0.15) is 33.6 Å². The molecule has 0 N–H and O–H groups in total. The molecule has 2 nitrogen and oxygen atoms in total. The molecule has 0 atom stereocenters. The molecule has 0 aromatic rings. The minimum atomic E-state index is -0.243. The summed E-state index contributed by atoms with van der Waals surface area (Å²) in [6.07, 6.45) is 6.29. The summed E-state index contributed by atoms with van der Waals surface area (Å²) in [6, 6.07) is 0. The monoisotopic (exact) mass is 200 g/mol. The third kappa shape index (κ3) is 9.45. The molecule has 74 valence electrons. The van der Waals surface area contributed by atoms with Gasteiger partial charge in [-0.2, -0.15) is 0 Å². The fourth-order valence-corrected chi connectivity index (χ4v) is 1.04. The highest BCUT2D eigenvalue weighted by molar-refractivity contribution is 7.17. The quantitative estimate of drug-likeness (QED) is 0.369. The van der Waals surface area contributed by atoms with Crippen molar-refractivity contribution in [1.82, 2.24) is 0 Å². The van der Waals surface area contributed by atoms with Crippen LogP contribution in [0.25, 0.3) is 0 Å². The fourth-order valence-electron chi connectivity index (χ4n) is 0.901. The Morgan fingerprint density at radius 3 is 2.54 bits per heavy atom. The van der Waals surface area contributed by atoms with Crippen molar-refractivity contribution in [3.05, 3.63) is 23.3 Å². The smallest absolute Gasteiger partial charge is 0.290 e. The van der Waals surface area contributed by atoms with Gasteiger partial charge in [-0.1, -0.05) is 23.3 Å². The molecule has 0 aromatic heterocycles. The van der Waals surface area contributed by atoms with Crippen LogP contribution in [0.4, 0.5) is 0 Å². The topological polar surface area (TPSA) is 26.3 Å². The van der Waals surface area contributed by atoms with Crippen LogP contribution in [0, 0.1) is 0 Å². The zero-order chi connectivity index (χ0) is 10.1. The first-order valence-electron chi connectivity index (χ1n) is 4.40. The van der Waals surface area contributed by atoms with Crippen molar-refractivity contribution in [2.24, 2.45) is 0 Å². The molecular formula is C10H17O2P. The van der Waals surface area contributed by atoms with E-state index in [0.29, 0.717) is 6.61 Å². The van der Waals surface area contributed by atoms with E-state index < -0.39 is 0 Å². The SMILES string of the molecule is CC(C)=CCCC(C)=CCOP=O. The summed E-state index contributed by atoms with van der Waals surface area (Å²) in [6.45, 7) is 6.69. The van der Waals surface area contributed by atoms with Crippen LogP contribution >= 0.6 is 8.69 Å². The molecule has 0 unspecified atom stereocenters. The van der Waals surface area contributed by atoms with Gasteiger partial charge in [0.05, 0.1) is 6.61 Å². The van der Waals surface area contributed by atoms with Crippen LogP contribution in [0.2, 0.25) is 0 Å². The molecule has 0 aliphatic carbocycles. The van der Waals surface area contributed by atoms with E-state index >= 15 is 0 Å². The van der Waals surface area contributed by atoms with Crippen molar-refractivity contribution in [3.63, 3.8) is 0 Å². The lowest BCUT2D eigenvalue weighted by Crippen LogP contribution is -1.82. The van der Waals surface area contributed by atoms with Crippen LogP contribution in [0.5, 0.6) is 0 Å². The Balaban J connectivity index is 3.60. The van der Waals surface area contributed by atoms with Gasteiger partial charge in [-0.05, 0) is 33.6 Å². The molecule has 0 rings (SSSR count). The standard InChI is InChI=1S/C10H17O2P/c1-9(2)5-4-6-10(3)7-8-12-13-11/h5,7H,4,6,8H2,1-3H3. The van der Waals surface area contributed by atoms with Crippen molar-refractivity contribution >= 4 is 8.69 Å². The Kier molecular flexibility index (Phi) is 7.86. The molecular weight excluding hydrogens is 183 g/mol. The number of allylic oxidation sites excluding steroid dienone is 3. The van der Waals surface area contributed by atoms with Gasteiger partial charge in [-0.15, -0.1) is 0 Å². The largest absolute Gasteiger partial charge is 0.327 e. The fraction of sp³-hybridized carbons (Fsp3) is 0.600. The summed E-state index contributed by atoms with van der Waals surface area (Å²) in [5, 5.41) is 0.